The lowest BCUT2D eigenvalue weighted by Gasteiger charge is -2.40. The number of amides is 1. The summed E-state index contributed by atoms with van der Waals surface area (Å²) in [5.74, 6) is -0.473. The van der Waals surface area contributed by atoms with Gasteiger partial charge in [-0.3, -0.25) is 15.4 Å². The van der Waals surface area contributed by atoms with Gasteiger partial charge in [-0.2, -0.15) is 0 Å². The molecule has 2 aromatic rings. The molecule has 28 heavy (non-hydrogen) atoms. The Bertz CT molecular complexity index is 703. The minimum absolute atomic E-state index is 0.154. The van der Waals surface area contributed by atoms with Crippen LogP contribution >= 0.6 is 0 Å². The number of carbonyl (C=O) groups is 1. The van der Waals surface area contributed by atoms with Gasteiger partial charge in [0.1, 0.15) is 0 Å². The predicted molar refractivity (Wildman–Crippen MR) is 111 cm³/mol. The molecule has 0 aromatic heterocycles. The van der Waals surface area contributed by atoms with E-state index >= 15 is 0 Å². The first kappa shape index (κ1) is 20.5. The molecular weight excluding hydrogens is 350 g/mol. The second-order valence-corrected chi connectivity index (χ2v) is 7.75. The summed E-state index contributed by atoms with van der Waals surface area (Å²) in [5.41, 5.74) is 6.58. The van der Waals surface area contributed by atoms with Crippen molar-refractivity contribution in [3.8, 4) is 0 Å². The van der Waals surface area contributed by atoms with E-state index in [1.54, 1.807) is 0 Å². The number of rotatable bonds is 10. The number of aliphatic hydroxyl groups is 1. The van der Waals surface area contributed by atoms with E-state index in [2.05, 4.69) is 34.5 Å². The quantitative estimate of drug-likeness (QED) is 0.553. The number of benzene rings is 2. The fourth-order valence-corrected chi connectivity index (χ4v) is 3.55. The van der Waals surface area contributed by atoms with Crippen LogP contribution in [0, 0.1) is 0 Å². The highest BCUT2D eigenvalue weighted by atomic mass is 16.3. The lowest BCUT2D eigenvalue weighted by molar-refractivity contribution is -0.149. The molecule has 4 N–H and O–H groups in total. The first-order valence-electron chi connectivity index (χ1n) is 10.1. The van der Waals surface area contributed by atoms with E-state index in [0.29, 0.717) is 19.5 Å². The van der Waals surface area contributed by atoms with Crippen molar-refractivity contribution in [1.82, 2.24) is 10.2 Å². The molecule has 0 radical (unpaired) electrons. The number of nitrogens with one attached hydrogen (secondary N) is 1. The van der Waals surface area contributed by atoms with E-state index < -0.39 is 17.7 Å². The van der Waals surface area contributed by atoms with Crippen molar-refractivity contribution in [3.63, 3.8) is 0 Å². The zero-order valence-corrected chi connectivity index (χ0v) is 16.6. The van der Waals surface area contributed by atoms with Crippen LogP contribution in [0.4, 0.5) is 0 Å². The number of hydrogen-bond donors (Lipinski definition) is 3. The largest absolute Gasteiger partial charge is 0.366 e. The molecule has 5 heteroatoms. The first-order valence-corrected chi connectivity index (χ1v) is 10.1. The van der Waals surface area contributed by atoms with Gasteiger partial charge in [-0.15, -0.1) is 0 Å². The highest BCUT2D eigenvalue weighted by molar-refractivity contribution is 5.85. The van der Waals surface area contributed by atoms with E-state index in [-0.39, 0.29) is 6.04 Å². The Morgan fingerprint density at radius 2 is 1.61 bits per heavy atom. The molecule has 0 bridgehead atoms. The van der Waals surface area contributed by atoms with Gasteiger partial charge in [0.05, 0.1) is 6.04 Å². The summed E-state index contributed by atoms with van der Waals surface area (Å²) in [6.07, 6.45) is 3.36. The molecule has 0 heterocycles. The van der Waals surface area contributed by atoms with Crippen molar-refractivity contribution in [2.45, 2.75) is 63.5 Å². The molecule has 0 spiro atoms. The van der Waals surface area contributed by atoms with E-state index in [4.69, 9.17) is 5.73 Å². The van der Waals surface area contributed by atoms with Gasteiger partial charge in [0, 0.05) is 19.1 Å². The summed E-state index contributed by atoms with van der Waals surface area (Å²) >= 11 is 0. The molecular formula is C23H31N3O2. The van der Waals surface area contributed by atoms with Crippen LogP contribution in [0.2, 0.25) is 0 Å². The average Bonchev–Trinajstić information content (AvgIpc) is 3.51. The molecule has 1 aliphatic rings. The molecule has 1 fully saturated rings. The van der Waals surface area contributed by atoms with E-state index in [0.717, 1.165) is 30.4 Å². The second-order valence-electron chi connectivity index (χ2n) is 7.75. The van der Waals surface area contributed by atoms with Gasteiger partial charge in [0.2, 0.25) is 5.72 Å². The first-order chi connectivity index (χ1) is 13.5. The van der Waals surface area contributed by atoms with Crippen LogP contribution in [0.1, 0.15) is 43.7 Å². The molecule has 1 aliphatic carbocycles. The zero-order chi connectivity index (χ0) is 20.0. The fraction of sp³-hybridized carbons (Fsp3) is 0.435. The molecule has 2 atom stereocenters. The average molecular weight is 382 g/mol. The summed E-state index contributed by atoms with van der Waals surface area (Å²) in [7, 11) is 0. The molecule has 2 aromatic carbocycles. The summed E-state index contributed by atoms with van der Waals surface area (Å²) in [6.45, 7) is 3.26. The molecule has 5 nitrogen and oxygen atoms in total. The van der Waals surface area contributed by atoms with Gasteiger partial charge < -0.3 is 10.4 Å². The Morgan fingerprint density at radius 3 is 2.04 bits per heavy atom. The molecule has 1 amide bonds. The van der Waals surface area contributed by atoms with Crippen LogP contribution in [0.25, 0.3) is 0 Å². The fourth-order valence-electron chi connectivity index (χ4n) is 3.55. The van der Waals surface area contributed by atoms with Crippen LogP contribution in [-0.4, -0.2) is 33.7 Å². The van der Waals surface area contributed by atoms with Gasteiger partial charge in [-0.05, 0) is 30.4 Å². The number of carbonyl (C=O) groups excluding carboxylic acids is 1. The maximum Gasteiger partial charge on any atom is 0.268 e. The van der Waals surface area contributed by atoms with Gasteiger partial charge in [-0.25, -0.2) is 0 Å². The highest BCUT2D eigenvalue weighted by Crippen LogP contribution is 2.25. The normalized spacial score (nSPS) is 17.1. The summed E-state index contributed by atoms with van der Waals surface area (Å²) in [5, 5.41) is 14.0. The Morgan fingerprint density at radius 1 is 1.11 bits per heavy atom. The van der Waals surface area contributed by atoms with Gasteiger partial charge >= 0.3 is 0 Å². The van der Waals surface area contributed by atoms with Gasteiger partial charge in [0.15, 0.2) is 0 Å². The van der Waals surface area contributed by atoms with E-state index in [1.807, 2.05) is 43.3 Å². The lowest BCUT2D eigenvalue weighted by atomic mass is 9.95. The summed E-state index contributed by atoms with van der Waals surface area (Å²) in [6, 6.07) is 19.9. The summed E-state index contributed by atoms with van der Waals surface area (Å²) in [4.78, 5) is 14.9. The van der Waals surface area contributed by atoms with Crippen LogP contribution in [-0.2, 0) is 17.9 Å². The van der Waals surface area contributed by atoms with Crippen molar-refractivity contribution < 1.29 is 9.90 Å². The third-order valence-corrected chi connectivity index (χ3v) is 5.24. The third-order valence-electron chi connectivity index (χ3n) is 5.24. The van der Waals surface area contributed by atoms with Crippen molar-refractivity contribution in [3.05, 3.63) is 71.8 Å². The monoisotopic (exact) mass is 381 g/mol. The zero-order valence-electron chi connectivity index (χ0n) is 16.6. The highest BCUT2D eigenvalue weighted by Gasteiger charge is 2.44. The van der Waals surface area contributed by atoms with Crippen molar-refractivity contribution in [1.29, 1.82) is 0 Å². The topological polar surface area (TPSA) is 78.6 Å². The smallest absolute Gasteiger partial charge is 0.268 e. The van der Waals surface area contributed by atoms with Gasteiger partial charge in [-0.1, -0.05) is 74.0 Å². The van der Waals surface area contributed by atoms with Crippen LogP contribution in [0.15, 0.2) is 60.7 Å². The molecule has 1 saturated carbocycles. The number of nitrogens with two attached hydrogens (primary N) is 1. The van der Waals surface area contributed by atoms with E-state index in [1.165, 1.54) is 0 Å². The third kappa shape index (κ3) is 5.41. The molecule has 0 aliphatic heterocycles. The van der Waals surface area contributed by atoms with Crippen molar-refractivity contribution >= 4 is 5.91 Å². The number of hydrogen-bond acceptors (Lipinski definition) is 4. The Labute approximate surface area is 167 Å². The maximum atomic E-state index is 12.7. The minimum atomic E-state index is -1.94. The predicted octanol–water partition coefficient (Wildman–Crippen LogP) is 2.78. The molecule has 0 saturated heterocycles. The second kappa shape index (κ2) is 9.32. The summed E-state index contributed by atoms with van der Waals surface area (Å²) < 4.78 is 0. The van der Waals surface area contributed by atoms with Crippen molar-refractivity contribution in [2.75, 3.05) is 0 Å². The Kier molecular flexibility index (Phi) is 6.83. The molecule has 150 valence electrons. The molecule has 0 unspecified atom stereocenters. The standard InChI is InChI=1S/C23H31N3O2/c1-2-9-21(23(24,28)22(27)25-20-14-15-20)26(16-18-10-5-3-6-11-18)17-19-12-7-4-8-13-19/h3-8,10-13,20-21,28H,2,9,14-17,24H2,1H3,(H,25,27)/t21-,23-/m1/s1. The minimum Gasteiger partial charge on any atom is -0.366 e. The van der Waals surface area contributed by atoms with Crippen molar-refractivity contribution in [2.24, 2.45) is 5.73 Å². The Hall–Kier alpha value is -2.21. The van der Waals surface area contributed by atoms with Crippen LogP contribution < -0.4 is 11.1 Å². The van der Waals surface area contributed by atoms with Crippen LogP contribution in [0.3, 0.4) is 0 Å². The lowest BCUT2D eigenvalue weighted by Crippen LogP contribution is -2.66. The maximum absolute atomic E-state index is 12.7. The SMILES string of the molecule is CCC[C@@H](N(Cc1ccccc1)Cc1ccccc1)[C@@](N)(O)C(=O)NC1CC1. The van der Waals surface area contributed by atoms with Gasteiger partial charge in [0.25, 0.3) is 5.91 Å². The molecule has 3 rings (SSSR count). The van der Waals surface area contributed by atoms with E-state index in [9.17, 15) is 9.90 Å². The Balaban J connectivity index is 1.87. The number of nitrogens with zero attached hydrogens (tertiary/aromatic N) is 1. The van der Waals surface area contributed by atoms with Crippen LogP contribution in [0.5, 0.6) is 0 Å².